The van der Waals surface area contributed by atoms with Gasteiger partial charge in [-0.1, -0.05) is 0 Å². The second kappa shape index (κ2) is 7.88. The number of nitrogens with zero attached hydrogens (tertiary/aromatic N) is 1. The molecule has 0 radical (unpaired) electrons. The fourth-order valence-corrected chi connectivity index (χ4v) is 4.06. The van der Waals surface area contributed by atoms with Gasteiger partial charge in [-0.15, -0.1) is 0 Å². The van der Waals surface area contributed by atoms with E-state index in [-0.39, 0.29) is 0 Å². The van der Waals surface area contributed by atoms with E-state index in [0.29, 0.717) is 41.8 Å². The number of aryl methyl sites for hydroxylation is 1. The fraction of sp³-hybridized carbons (Fsp3) is 0.588. The quantitative estimate of drug-likeness (QED) is 0.793. The van der Waals surface area contributed by atoms with Crippen molar-refractivity contribution in [3.05, 3.63) is 23.8 Å². The summed E-state index contributed by atoms with van der Waals surface area (Å²) in [5.41, 5.74) is 0.691. The highest BCUT2D eigenvalue weighted by Crippen LogP contribution is 2.23. The zero-order chi connectivity index (χ0) is 17.7. The standard InChI is InChI=1S/C17H25NO5S/c1-13-12-15(5-6-16(13)24(2,21)22)23-11-3-4-14-7-9-18(10-8-14)17(19)20/h5-6,12,14H,3-4,7-11H2,1-2H3,(H,19,20). The fourth-order valence-electron chi connectivity index (χ4n) is 3.10. The molecule has 24 heavy (non-hydrogen) atoms. The van der Waals surface area contributed by atoms with Crippen LogP contribution in [0.2, 0.25) is 0 Å². The van der Waals surface area contributed by atoms with Crippen molar-refractivity contribution in [2.45, 2.75) is 37.5 Å². The maximum Gasteiger partial charge on any atom is 0.407 e. The number of hydrogen-bond acceptors (Lipinski definition) is 4. The summed E-state index contributed by atoms with van der Waals surface area (Å²) in [7, 11) is -3.20. The van der Waals surface area contributed by atoms with Gasteiger partial charge in [0.2, 0.25) is 0 Å². The van der Waals surface area contributed by atoms with Crippen LogP contribution < -0.4 is 4.74 Å². The summed E-state index contributed by atoms with van der Waals surface area (Å²) >= 11 is 0. The average Bonchev–Trinajstić information content (AvgIpc) is 2.51. The highest BCUT2D eigenvalue weighted by molar-refractivity contribution is 7.90. The summed E-state index contributed by atoms with van der Waals surface area (Å²) in [6.07, 6.45) is 4.12. The van der Waals surface area contributed by atoms with Crippen molar-refractivity contribution in [1.29, 1.82) is 0 Å². The van der Waals surface area contributed by atoms with Crippen molar-refractivity contribution in [2.75, 3.05) is 26.0 Å². The van der Waals surface area contributed by atoms with Crippen molar-refractivity contribution >= 4 is 15.9 Å². The SMILES string of the molecule is Cc1cc(OCCCC2CCN(C(=O)O)CC2)ccc1S(C)(=O)=O. The van der Waals surface area contributed by atoms with Gasteiger partial charge in [-0.25, -0.2) is 13.2 Å². The zero-order valence-corrected chi connectivity index (χ0v) is 15.0. The number of hydrogen-bond donors (Lipinski definition) is 1. The van der Waals surface area contributed by atoms with Crippen molar-refractivity contribution in [1.82, 2.24) is 4.90 Å². The Morgan fingerprint density at radius 2 is 2.00 bits per heavy atom. The number of carboxylic acid groups (broad SMARTS) is 1. The number of likely N-dealkylation sites (tertiary alicyclic amines) is 1. The van der Waals surface area contributed by atoms with E-state index in [9.17, 15) is 13.2 Å². The molecule has 1 aromatic rings. The second-order valence-electron chi connectivity index (χ2n) is 6.40. The van der Waals surface area contributed by atoms with E-state index in [1.54, 1.807) is 25.1 Å². The predicted molar refractivity (Wildman–Crippen MR) is 91.3 cm³/mol. The van der Waals surface area contributed by atoms with Gasteiger partial charge in [0.05, 0.1) is 11.5 Å². The Bertz CT molecular complexity index is 678. The van der Waals surface area contributed by atoms with Crippen LogP contribution in [-0.2, 0) is 9.84 Å². The first-order valence-corrected chi connectivity index (χ1v) is 10.1. The first kappa shape index (κ1) is 18.6. The van der Waals surface area contributed by atoms with E-state index in [4.69, 9.17) is 9.84 Å². The molecule has 0 aromatic heterocycles. The van der Waals surface area contributed by atoms with Gasteiger partial charge in [-0.2, -0.15) is 0 Å². The van der Waals surface area contributed by atoms with Gasteiger partial charge in [0.15, 0.2) is 9.84 Å². The molecule has 1 aromatic carbocycles. The monoisotopic (exact) mass is 355 g/mol. The molecule has 0 aliphatic carbocycles. The summed E-state index contributed by atoms with van der Waals surface area (Å²) in [5, 5.41) is 8.93. The van der Waals surface area contributed by atoms with Crippen LogP contribution in [0.4, 0.5) is 4.79 Å². The minimum Gasteiger partial charge on any atom is -0.494 e. The Balaban J connectivity index is 1.73. The Hall–Kier alpha value is -1.76. The molecule has 1 heterocycles. The van der Waals surface area contributed by atoms with Crippen LogP contribution in [0.15, 0.2) is 23.1 Å². The summed E-state index contributed by atoms with van der Waals surface area (Å²) in [4.78, 5) is 12.7. The molecule has 1 saturated heterocycles. The molecule has 1 N–H and O–H groups in total. The lowest BCUT2D eigenvalue weighted by atomic mass is 9.92. The maximum atomic E-state index is 11.6. The van der Waals surface area contributed by atoms with Gasteiger partial charge >= 0.3 is 6.09 Å². The van der Waals surface area contributed by atoms with Gasteiger partial charge in [-0.3, -0.25) is 0 Å². The predicted octanol–water partition coefficient (Wildman–Crippen LogP) is 2.95. The average molecular weight is 355 g/mol. The number of carbonyl (C=O) groups is 1. The minimum atomic E-state index is -3.20. The molecule has 1 amide bonds. The number of rotatable bonds is 6. The van der Waals surface area contributed by atoms with Crippen LogP contribution in [0.1, 0.15) is 31.2 Å². The molecule has 0 saturated carbocycles. The highest BCUT2D eigenvalue weighted by Gasteiger charge is 2.21. The Morgan fingerprint density at radius 1 is 1.33 bits per heavy atom. The van der Waals surface area contributed by atoms with E-state index in [1.165, 1.54) is 11.2 Å². The molecule has 0 spiro atoms. The van der Waals surface area contributed by atoms with Gasteiger partial charge in [-0.05, 0) is 62.3 Å². The second-order valence-corrected chi connectivity index (χ2v) is 8.39. The van der Waals surface area contributed by atoms with Crippen molar-refractivity contribution in [3.63, 3.8) is 0 Å². The van der Waals surface area contributed by atoms with Gasteiger partial charge in [0, 0.05) is 19.3 Å². The molecule has 0 atom stereocenters. The summed E-state index contributed by atoms with van der Waals surface area (Å²) in [6, 6.07) is 5.03. The Morgan fingerprint density at radius 3 is 2.54 bits per heavy atom. The molecular formula is C17H25NO5S. The first-order chi connectivity index (χ1) is 11.3. The lowest BCUT2D eigenvalue weighted by Crippen LogP contribution is -2.37. The van der Waals surface area contributed by atoms with Gasteiger partial charge in [0.1, 0.15) is 5.75 Å². The van der Waals surface area contributed by atoms with Gasteiger partial charge < -0.3 is 14.7 Å². The topological polar surface area (TPSA) is 83.9 Å². The molecule has 7 heteroatoms. The highest BCUT2D eigenvalue weighted by atomic mass is 32.2. The number of piperidine rings is 1. The number of sulfone groups is 1. The van der Waals surface area contributed by atoms with Crippen molar-refractivity contribution < 1.29 is 23.1 Å². The summed E-state index contributed by atoms with van der Waals surface area (Å²) in [6.45, 7) is 3.58. The first-order valence-electron chi connectivity index (χ1n) is 8.19. The van der Waals surface area contributed by atoms with Crippen LogP contribution in [0.5, 0.6) is 5.75 Å². The van der Waals surface area contributed by atoms with Crippen LogP contribution >= 0.6 is 0 Å². The van der Waals surface area contributed by atoms with Crippen LogP contribution in [-0.4, -0.2) is 50.5 Å². The molecule has 1 aliphatic heterocycles. The minimum absolute atomic E-state index is 0.333. The lowest BCUT2D eigenvalue weighted by Gasteiger charge is -2.29. The molecule has 0 bridgehead atoms. The third-order valence-corrected chi connectivity index (χ3v) is 5.71. The normalized spacial score (nSPS) is 16.2. The largest absolute Gasteiger partial charge is 0.494 e. The summed E-state index contributed by atoms with van der Waals surface area (Å²) in [5.74, 6) is 1.24. The smallest absolute Gasteiger partial charge is 0.407 e. The Kier molecular flexibility index (Phi) is 6.10. The third kappa shape index (κ3) is 5.12. The molecule has 2 rings (SSSR count). The van der Waals surface area contributed by atoms with E-state index in [1.807, 2.05) is 0 Å². The van der Waals surface area contributed by atoms with Crippen molar-refractivity contribution in [2.24, 2.45) is 5.92 Å². The number of ether oxygens (including phenoxy) is 1. The number of benzene rings is 1. The van der Waals surface area contributed by atoms with Crippen LogP contribution in [0.25, 0.3) is 0 Å². The Labute approximate surface area is 143 Å². The van der Waals surface area contributed by atoms with E-state index in [2.05, 4.69) is 0 Å². The lowest BCUT2D eigenvalue weighted by molar-refractivity contribution is 0.121. The third-order valence-electron chi connectivity index (χ3n) is 4.46. The van der Waals surface area contributed by atoms with E-state index < -0.39 is 15.9 Å². The molecular weight excluding hydrogens is 330 g/mol. The van der Waals surface area contributed by atoms with Crippen LogP contribution in [0, 0.1) is 12.8 Å². The van der Waals surface area contributed by atoms with Crippen molar-refractivity contribution in [3.8, 4) is 5.75 Å². The molecule has 6 nitrogen and oxygen atoms in total. The van der Waals surface area contributed by atoms with Crippen LogP contribution in [0.3, 0.4) is 0 Å². The number of amides is 1. The van der Waals surface area contributed by atoms with E-state index in [0.717, 1.165) is 25.7 Å². The molecule has 1 aliphatic rings. The molecule has 0 unspecified atom stereocenters. The van der Waals surface area contributed by atoms with Gasteiger partial charge in [0.25, 0.3) is 0 Å². The molecule has 1 fully saturated rings. The summed E-state index contributed by atoms with van der Waals surface area (Å²) < 4.78 is 28.9. The maximum absolute atomic E-state index is 11.6. The zero-order valence-electron chi connectivity index (χ0n) is 14.2. The molecule has 134 valence electrons. The van der Waals surface area contributed by atoms with E-state index >= 15 is 0 Å².